The maximum atomic E-state index is 14.5. The SMILES string of the molecule is CC(C)(C)[Si](OCC1=C2[C@@H](CC/C(=C/c3cccc(O)c3)c3ccccc3)OC[C@@H]2[C@@H]2C(=O)N(C3CCCCC3)C(=O)[C@@H]2C1)(c1ccccc1)c1ccccc1. The molecule has 2 aliphatic heterocycles. The van der Waals surface area contributed by atoms with Gasteiger partial charge in [-0.2, -0.15) is 0 Å². The number of benzene rings is 4. The molecule has 8 rings (SSSR count). The van der Waals surface area contributed by atoms with E-state index in [4.69, 9.17) is 9.16 Å². The van der Waals surface area contributed by atoms with Crippen LogP contribution in [0, 0.1) is 17.8 Å². The molecule has 4 aromatic carbocycles. The fourth-order valence-electron chi connectivity index (χ4n) is 10.3. The van der Waals surface area contributed by atoms with Crippen molar-refractivity contribution in [3.8, 4) is 5.75 Å². The van der Waals surface area contributed by atoms with Crippen molar-refractivity contribution in [2.24, 2.45) is 17.8 Å². The molecule has 0 aromatic heterocycles. The smallest absolute Gasteiger partial charge is 0.261 e. The highest BCUT2D eigenvalue weighted by atomic mass is 28.4. The second kappa shape index (κ2) is 16.1. The van der Waals surface area contributed by atoms with Gasteiger partial charge in [0.15, 0.2) is 0 Å². The Morgan fingerprint density at radius 1 is 0.821 bits per heavy atom. The molecule has 7 heteroatoms. The van der Waals surface area contributed by atoms with Gasteiger partial charge in [0.2, 0.25) is 11.8 Å². The molecule has 4 aromatic rings. The Morgan fingerprint density at radius 2 is 1.46 bits per heavy atom. The number of phenols is 1. The van der Waals surface area contributed by atoms with Crippen LogP contribution in [0.5, 0.6) is 5.75 Å². The predicted octanol–water partition coefficient (Wildman–Crippen LogP) is 8.94. The fourth-order valence-corrected chi connectivity index (χ4v) is 14.9. The molecule has 0 bridgehead atoms. The zero-order chi connectivity index (χ0) is 38.9. The van der Waals surface area contributed by atoms with Crippen molar-refractivity contribution in [3.63, 3.8) is 0 Å². The standard InChI is InChI=1S/C49H55NO5Si/c1-49(2,3)56(40-23-12-6-13-24-40,41-25-14-7-15-26-41)55-32-37-31-42-46(48(53)50(47(42)52)38-20-10-5-11-21-38)43-33-54-44(45(37)43)28-27-36(35-18-8-4-9-19-35)29-34-17-16-22-39(51)30-34/h4,6-9,12-19,22-26,29-30,38,42-44,46,51H,5,10-11,20-21,27-28,31-33H2,1-3H3/b36-29-/t42-,43+,44-,46-/m1/s1. The van der Waals surface area contributed by atoms with Crippen LogP contribution in [0.25, 0.3) is 11.6 Å². The lowest BCUT2D eigenvalue weighted by molar-refractivity contribution is -0.143. The van der Waals surface area contributed by atoms with Crippen LogP contribution in [0.3, 0.4) is 0 Å². The zero-order valence-corrected chi connectivity index (χ0v) is 34.0. The van der Waals surface area contributed by atoms with E-state index in [2.05, 4.69) is 112 Å². The summed E-state index contributed by atoms with van der Waals surface area (Å²) >= 11 is 0. The van der Waals surface area contributed by atoms with Gasteiger partial charge in [0.05, 0.1) is 31.2 Å². The number of allylic oxidation sites excluding steroid dienone is 1. The van der Waals surface area contributed by atoms with E-state index in [1.54, 1.807) is 17.0 Å². The Kier molecular flexibility index (Phi) is 11.0. The summed E-state index contributed by atoms with van der Waals surface area (Å²) in [5, 5.41) is 12.5. The lowest BCUT2D eigenvalue weighted by atomic mass is 9.69. The van der Waals surface area contributed by atoms with E-state index in [-0.39, 0.29) is 46.6 Å². The van der Waals surface area contributed by atoms with Gasteiger partial charge in [0.1, 0.15) is 5.75 Å². The molecule has 1 saturated carbocycles. The van der Waals surface area contributed by atoms with Gasteiger partial charge in [-0.25, -0.2) is 0 Å². The highest BCUT2D eigenvalue weighted by Crippen LogP contribution is 2.51. The third-order valence-corrected chi connectivity index (χ3v) is 17.9. The van der Waals surface area contributed by atoms with Crippen molar-refractivity contribution in [1.82, 2.24) is 4.90 Å². The number of nitrogens with zero attached hydrogens (tertiary/aromatic N) is 1. The molecule has 2 amide bonds. The number of rotatable bonds is 11. The third-order valence-electron chi connectivity index (χ3n) is 12.9. The lowest BCUT2D eigenvalue weighted by Crippen LogP contribution is -2.66. The molecule has 290 valence electrons. The number of aromatic hydroxyl groups is 1. The van der Waals surface area contributed by atoms with E-state index < -0.39 is 14.2 Å². The topological polar surface area (TPSA) is 76.1 Å². The molecule has 4 aliphatic rings. The highest BCUT2D eigenvalue weighted by Gasteiger charge is 2.59. The van der Waals surface area contributed by atoms with Crippen molar-refractivity contribution in [3.05, 3.63) is 138 Å². The summed E-state index contributed by atoms with van der Waals surface area (Å²) in [5.74, 6) is -0.672. The van der Waals surface area contributed by atoms with E-state index >= 15 is 0 Å². The van der Waals surface area contributed by atoms with Gasteiger partial charge in [-0.05, 0) is 87.5 Å². The molecule has 2 saturated heterocycles. The Morgan fingerprint density at radius 3 is 2.09 bits per heavy atom. The van der Waals surface area contributed by atoms with Crippen LogP contribution in [-0.4, -0.2) is 55.5 Å². The number of carbonyl (C=O) groups is 2. The Balaban J connectivity index is 1.18. The average molecular weight is 766 g/mol. The zero-order valence-electron chi connectivity index (χ0n) is 33.0. The largest absolute Gasteiger partial charge is 0.508 e. The first-order chi connectivity index (χ1) is 27.2. The number of hydrogen-bond acceptors (Lipinski definition) is 5. The number of carbonyl (C=O) groups excluding carboxylic acids is 2. The number of ether oxygens (including phenoxy) is 1. The van der Waals surface area contributed by atoms with Gasteiger partial charge < -0.3 is 14.3 Å². The Labute approximate surface area is 333 Å². The quantitative estimate of drug-likeness (QED) is 0.0715. The van der Waals surface area contributed by atoms with Crippen molar-refractivity contribution in [2.45, 2.75) is 89.3 Å². The average Bonchev–Trinajstić information content (AvgIpc) is 3.75. The number of amides is 2. The minimum Gasteiger partial charge on any atom is -0.508 e. The minimum atomic E-state index is -2.90. The Bertz CT molecular complexity index is 2040. The molecule has 2 aliphatic carbocycles. The van der Waals surface area contributed by atoms with Crippen LogP contribution in [-0.2, 0) is 18.8 Å². The van der Waals surface area contributed by atoms with Crippen LogP contribution in [0.2, 0.25) is 5.04 Å². The first-order valence-corrected chi connectivity index (χ1v) is 22.6. The van der Waals surface area contributed by atoms with Crippen LogP contribution in [0.1, 0.15) is 83.3 Å². The monoisotopic (exact) mass is 765 g/mol. The first-order valence-electron chi connectivity index (χ1n) is 20.7. The van der Waals surface area contributed by atoms with Crippen molar-refractivity contribution < 1.29 is 23.9 Å². The normalized spacial score (nSPS) is 23.4. The molecule has 56 heavy (non-hydrogen) atoms. The maximum absolute atomic E-state index is 14.5. The summed E-state index contributed by atoms with van der Waals surface area (Å²) < 4.78 is 14.4. The van der Waals surface area contributed by atoms with E-state index in [0.29, 0.717) is 19.6 Å². The fraction of sp³-hybridized carbons (Fsp3) is 0.388. The summed E-state index contributed by atoms with van der Waals surface area (Å²) in [6.45, 7) is 7.70. The number of fused-ring (bicyclic) bond motifs is 3. The third kappa shape index (κ3) is 7.26. The van der Waals surface area contributed by atoms with Crippen molar-refractivity contribution in [1.29, 1.82) is 0 Å². The summed E-state index contributed by atoms with van der Waals surface area (Å²) in [7, 11) is -2.90. The summed E-state index contributed by atoms with van der Waals surface area (Å²) in [4.78, 5) is 30.6. The van der Waals surface area contributed by atoms with Crippen molar-refractivity contribution >= 4 is 42.2 Å². The molecule has 6 nitrogen and oxygen atoms in total. The van der Waals surface area contributed by atoms with Crippen molar-refractivity contribution in [2.75, 3.05) is 13.2 Å². The van der Waals surface area contributed by atoms with Crippen LogP contribution < -0.4 is 10.4 Å². The summed E-state index contributed by atoms with van der Waals surface area (Å²) in [5.41, 5.74) is 5.53. The predicted molar refractivity (Wildman–Crippen MR) is 226 cm³/mol. The molecule has 3 fully saturated rings. The van der Waals surface area contributed by atoms with Gasteiger partial charge in [-0.15, -0.1) is 0 Å². The molecule has 0 radical (unpaired) electrons. The maximum Gasteiger partial charge on any atom is 0.261 e. The van der Waals surface area contributed by atoms with Gasteiger partial charge in [-0.1, -0.05) is 149 Å². The summed E-state index contributed by atoms with van der Waals surface area (Å²) in [6.07, 6.45) is 9.02. The van der Waals surface area contributed by atoms with Crippen LogP contribution in [0.4, 0.5) is 0 Å². The first kappa shape index (κ1) is 38.3. The molecular formula is C49H55NO5Si. The second-order valence-electron chi connectivity index (χ2n) is 17.3. The molecule has 2 heterocycles. The summed E-state index contributed by atoms with van der Waals surface area (Å²) in [6, 6.07) is 39.2. The number of hydrogen-bond donors (Lipinski definition) is 1. The molecule has 0 unspecified atom stereocenters. The van der Waals surface area contributed by atoms with Crippen LogP contribution in [0.15, 0.2) is 126 Å². The minimum absolute atomic E-state index is 0.00344. The van der Waals surface area contributed by atoms with Gasteiger partial charge >= 0.3 is 0 Å². The van der Waals surface area contributed by atoms with E-state index in [9.17, 15) is 14.7 Å². The van der Waals surface area contributed by atoms with Gasteiger partial charge in [0.25, 0.3) is 8.32 Å². The number of imide groups is 1. The van der Waals surface area contributed by atoms with Gasteiger partial charge in [-0.3, -0.25) is 14.5 Å². The lowest BCUT2D eigenvalue weighted by Gasteiger charge is -2.44. The van der Waals surface area contributed by atoms with E-state index in [1.165, 1.54) is 15.9 Å². The molecule has 4 atom stereocenters. The molecular weight excluding hydrogens is 711 g/mol. The second-order valence-corrected chi connectivity index (χ2v) is 21.6. The van der Waals surface area contributed by atoms with Gasteiger partial charge in [0, 0.05) is 12.0 Å². The number of phenolic OH excluding ortho intramolecular Hbond substituents is 1. The Hall–Kier alpha value is -4.56. The van der Waals surface area contributed by atoms with E-state index in [1.807, 2.05) is 18.2 Å². The highest BCUT2D eigenvalue weighted by molar-refractivity contribution is 6.99. The van der Waals surface area contributed by atoms with E-state index in [0.717, 1.165) is 67.2 Å². The number of likely N-dealkylation sites (tertiary alicyclic amines) is 1. The molecule has 1 N–H and O–H groups in total. The van der Waals surface area contributed by atoms with Crippen LogP contribution >= 0.6 is 0 Å². The molecule has 0 spiro atoms.